The van der Waals surface area contributed by atoms with Gasteiger partial charge >= 0.3 is 0 Å². The first-order chi connectivity index (χ1) is 11.5. The Kier molecular flexibility index (Phi) is 3.80. The van der Waals surface area contributed by atoms with Crippen molar-refractivity contribution >= 4 is 5.91 Å². The van der Waals surface area contributed by atoms with Crippen molar-refractivity contribution in [2.75, 3.05) is 39.4 Å². The monoisotopic (exact) mass is 337 g/mol. The molecule has 0 radical (unpaired) electrons. The first-order valence-corrected chi connectivity index (χ1v) is 8.31. The highest BCUT2D eigenvalue weighted by atomic mass is 19.3. The van der Waals surface area contributed by atoms with E-state index in [9.17, 15) is 13.6 Å². The van der Waals surface area contributed by atoms with E-state index in [4.69, 9.17) is 4.74 Å². The van der Waals surface area contributed by atoms with E-state index in [1.54, 1.807) is 6.20 Å². The Balaban J connectivity index is 1.40. The molecule has 5 nitrogen and oxygen atoms in total. The van der Waals surface area contributed by atoms with Gasteiger partial charge in [-0.05, 0) is 12.1 Å². The highest BCUT2D eigenvalue weighted by Gasteiger charge is 2.54. The van der Waals surface area contributed by atoms with Gasteiger partial charge in [0.05, 0.1) is 32.0 Å². The van der Waals surface area contributed by atoms with Gasteiger partial charge in [-0.3, -0.25) is 14.7 Å². The maximum atomic E-state index is 13.0. The van der Waals surface area contributed by atoms with Crippen LogP contribution in [-0.2, 0) is 16.1 Å². The average Bonchev–Trinajstić information content (AvgIpc) is 3.01. The lowest BCUT2D eigenvalue weighted by Crippen LogP contribution is -2.59. The number of carbonyl (C=O) groups is 1. The number of ether oxygens (including phenoxy) is 1. The van der Waals surface area contributed by atoms with Crippen LogP contribution in [0.4, 0.5) is 8.78 Å². The third-order valence-electron chi connectivity index (χ3n) is 5.40. The molecule has 130 valence electrons. The summed E-state index contributed by atoms with van der Waals surface area (Å²) in [5.74, 6) is -2.59. The molecule has 0 aliphatic carbocycles. The van der Waals surface area contributed by atoms with Crippen LogP contribution >= 0.6 is 0 Å². The number of aromatic nitrogens is 1. The molecule has 3 fully saturated rings. The summed E-state index contributed by atoms with van der Waals surface area (Å²) in [6, 6.07) is 5.84. The van der Waals surface area contributed by atoms with Crippen molar-refractivity contribution in [1.29, 1.82) is 0 Å². The molecule has 3 aliphatic heterocycles. The minimum Gasteiger partial charge on any atom is -0.380 e. The molecular formula is C17H21F2N3O2. The van der Waals surface area contributed by atoms with E-state index in [1.165, 1.54) is 4.90 Å². The number of alkyl halides is 2. The van der Waals surface area contributed by atoms with Crippen LogP contribution in [0, 0.1) is 11.3 Å². The van der Waals surface area contributed by atoms with Gasteiger partial charge in [0.2, 0.25) is 5.91 Å². The maximum Gasteiger partial charge on any atom is 0.282 e. The van der Waals surface area contributed by atoms with E-state index in [0.29, 0.717) is 19.6 Å². The van der Waals surface area contributed by atoms with Gasteiger partial charge in [0.15, 0.2) is 0 Å². The molecule has 3 aliphatic rings. The van der Waals surface area contributed by atoms with E-state index in [2.05, 4.69) is 9.88 Å². The lowest BCUT2D eigenvalue weighted by molar-refractivity contribution is -0.168. The summed E-state index contributed by atoms with van der Waals surface area (Å²) in [6.07, 6.45) is 2.07. The van der Waals surface area contributed by atoms with Gasteiger partial charge in [0.25, 0.3) is 5.92 Å². The fraction of sp³-hybridized carbons (Fsp3) is 0.647. The van der Waals surface area contributed by atoms with Crippen LogP contribution in [-0.4, -0.2) is 66.0 Å². The van der Waals surface area contributed by atoms with Gasteiger partial charge in [-0.2, -0.15) is 0 Å². The number of fused-ring (bicyclic) bond motifs is 1. The number of halogens is 2. The number of carbonyl (C=O) groups excluding carboxylic acids is 1. The zero-order valence-corrected chi connectivity index (χ0v) is 13.5. The van der Waals surface area contributed by atoms with E-state index in [0.717, 1.165) is 25.3 Å². The second-order valence-electron chi connectivity index (χ2n) is 7.35. The first kappa shape index (κ1) is 15.9. The molecule has 0 unspecified atom stereocenters. The molecule has 4 heterocycles. The predicted molar refractivity (Wildman–Crippen MR) is 82.4 cm³/mol. The van der Waals surface area contributed by atoms with Crippen molar-refractivity contribution in [3.63, 3.8) is 0 Å². The topological polar surface area (TPSA) is 45.7 Å². The average molecular weight is 337 g/mol. The van der Waals surface area contributed by atoms with Gasteiger partial charge in [-0.15, -0.1) is 0 Å². The van der Waals surface area contributed by atoms with Gasteiger partial charge in [-0.1, -0.05) is 6.07 Å². The Bertz CT molecular complexity index is 620. The third kappa shape index (κ3) is 2.91. The van der Waals surface area contributed by atoms with Crippen LogP contribution < -0.4 is 0 Å². The molecule has 4 rings (SSSR count). The summed E-state index contributed by atoms with van der Waals surface area (Å²) in [7, 11) is 0. The van der Waals surface area contributed by atoms with E-state index in [-0.39, 0.29) is 17.2 Å². The van der Waals surface area contributed by atoms with Gasteiger partial charge in [0.1, 0.15) is 0 Å². The van der Waals surface area contributed by atoms with Crippen LogP contribution in [0.2, 0.25) is 0 Å². The minimum atomic E-state index is -2.71. The molecule has 3 saturated heterocycles. The Morgan fingerprint density at radius 3 is 2.88 bits per heavy atom. The van der Waals surface area contributed by atoms with E-state index in [1.807, 2.05) is 18.2 Å². The van der Waals surface area contributed by atoms with E-state index >= 15 is 0 Å². The highest BCUT2D eigenvalue weighted by Crippen LogP contribution is 2.45. The van der Waals surface area contributed by atoms with Crippen molar-refractivity contribution < 1.29 is 18.3 Å². The second kappa shape index (κ2) is 5.74. The van der Waals surface area contributed by atoms with Crippen molar-refractivity contribution in [3.8, 4) is 0 Å². The van der Waals surface area contributed by atoms with Crippen molar-refractivity contribution in [1.82, 2.24) is 14.8 Å². The van der Waals surface area contributed by atoms with E-state index < -0.39 is 19.0 Å². The number of amides is 1. The molecule has 1 amide bonds. The quantitative estimate of drug-likeness (QED) is 0.833. The molecule has 0 aromatic carbocycles. The van der Waals surface area contributed by atoms with Crippen LogP contribution in [0.1, 0.15) is 12.1 Å². The zero-order chi connectivity index (χ0) is 16.8. The largest absolute Gasteiger partial charge is 0.380 e. The summed E-state index contributed by atoms with van der Waals surface area (Å²) in [5.41, 5.74) is 0.763. The number of likely N-dealkylation sites (tertiary alicyclic amines) is 2. The van der Waals surface area contributed by atoms with Crippen LogP contribution in [0.5, 0.6) is 0 Å². The SMILES string of the molecule is O=C(C[C@@]12COC[C@@H]1CN(Cc1ccccn1)C2)N1CC(F)(F)C1. The summed E-state index contributed by atoms with van der Waals surface area (Å²) in [4.78, 5) is 20.3. The summed E-state index contributed by atoms with van der Waals surface area (Å²) in [6.45, 7) is 2.66. The fourth-order valence-corrected chi connectivity index (χ4v) is 4.14. The number of nitrogens with zero attached hydrogens (tertiary/aromatic N) is 3. The number of rotatable bonds is 4. The Hall–Kier alpha value is -1.60. The smallest absolute Gasteiger partial charge is 0.282 e. The van der Waals surface area contributed by atoms with Crippen LogP contribution in [0.3, 0.4) is 0 Å². The Morgan fingerprint density at radius 2 is 2.17 bits per heavy atom. The lowest BCUT2D eigenvalue weighted by Gasteiger charge is -2.40. The zero-order valence-electron chi connectivity index (χ0n) is 13.5. The number of hydrogen-bond acceptors (Lipinski definition) is 4. The highest BCUT2D eigenvalue weighted by molar-refractivity contribution is 5.78. The molecule has 0 N–H and O–H groups in total. The molecule has 0 saturated carbocycles. The van der Waals surface area contributed by atoms with Gasteiger partial charge in [-0.25, -0.2) is 8.78 Å². The Morgan fingerprint density at radius 1 is 1.33 bits per heavy atom. The maximum absolute atomic E-state index is 13.0. The Labute approximate surface area is 139 Å². The van der Waals surface area contributed by atoms with Crippen LogP contribution in [0.25, 0.3) is 0 Å². The van der Waals surface area contributed by atoms with Crippen molar-refractivity contribution in [3.05, 3.63) is 30.1 Å². The molecule has 2 atom stereocenters. The van der Waals surface area contributed by atoms with Crippen molar-refractivity contribution in [2.24, 2.45) is 11.3 Å². The summed E-state index contributed by atoms with van der Waals surface area (Å²) >= 11 is 0. The second-order valence-corrected chi connectivity index (χ2v) is 7.35. The first-order valence-electron chi connectivity index (χ1n) is 8.31. The molecule has 7 heteroatoms. The van der Waals surface area contributed by atoms with Crippen LogP contribution in [0.15, 0.2) is 24.4 Å². The fourth-order valence-electron chi connectivity index (χ4n) is 4.14. The summed E-state index contributed by atoms with van der Waals surface area (Å²) in [5, 5.41) is 0. The molecule has 0 spiro atoms. The summed E-state index contributed by atoms with van der Waals surface area (Å²) < 4.78 is 31.6. The molecule has 24 heavy (non-hydrogen) atoms. The third-order valence-corrected chi connectivity index (χ3v) is 5.40. The standard InChI is InChI=1S/C17H21F2N3O2/c18-17(19)10-22(11-17)15(23)5-16-9-21(6-13(16)8-24-12-16)7-14-3-1-2-4-20-14/h1-4,13H,5-12H2/t13-,16+/m0/s1. The van der Waals surface area contributed by atoms with Crippen molar-refractivity contribution in [2.45, 2.75) is 18.9 Å². The van der Waals surface area contributed by atoms with Gasteiger partial charge in [0, 0.05) is 43.6 Å². The normalized spacial score (nSPS) is 31.8. The number of pyridine rings is 1. The minimum absolute atomic E-state index is 0.170. The lowest BCUT2D eigenvalue weighted by atomic mass is 9.77. The molecular weight excluding hydrogens is 316 g/mol. The molecule has 1 aromatic rings. The van der Waals surface area contributed by atoms with Gasteiger partial charge < -0.3 is 9.64 Å². The number of hydrogen-bond donors (Lipinski definition) is 0. The molecule has 1 aromatic heterocycles. The predicted octanol–water partition coefficient (Wildman–Crippen LogP) is 1.40. The molecule has 0 bridgehead atoms.